The van der Waals surface area contributed by atoms with Gasteiger partial charge in [-0.3, -0.25) is 4.79 Å². The van der Waals surface area contributed by atoms with E-state index in [0.717, 1.165) is 0 Å². The summed E-state index contributed by atoms with van der Waals surface area (Å²) >= 11 is 0. The van der Waals surface area contributed by atoms with Crippen molar-refractivity contribution in [2.45, 2.75) is 26.3 Å². The molecule has 0 saturated heterocycles. The molecule has 1 heterocycles. The molecule has 1 aromatic rings. The molecule has 106 valence electrons. The van der Waals surface area contributed by atoms with Crippen molar-refractivity contribution in [3.8, 4) is 0 Å². The van der Waals surface area contributed by atoms with Crippen LogP contribution in [0.2, 0.25) is 0 Å². The lowest BCUT2D eigenvalue weighted by Crippen LogP contribution is -2.42. The van der Waals surface area contributed by atoms with Crippen molar-refractivity contribution < 1.29 is 14.7 Å². The number of urea groups is 1. The molecule has 7 nitrogen and oxygen atoms in total. The van der Waals surface area contributed by atoms with Crippen LogP contribution in [-0.4, -0.2) is 45.6 Å². The minimum Gasteiger partial charge on any atom is -0.481 e. The minimum absolute atomic E-state index is 0.162. The maximum Gasteiger partial charge on any atom is 0.317 e. The molecular weight excluding hydrogens is 248 g/mol. The van der Waals surface area contributed by atoms with E-state index in [1.165, 1.54) is 4.90 Å². The van der Waals surface area contributed by atoms with Gasteiger partial charge in [0.15, 0.2) is 0 Å². The number of hydrogen-bond donors (Lipinski definition) is 3. The SMILES string of the molecule is CCC(NC(=O)N(C)CC(C)C(=O)O)c1ncc[nH]1. The van der Waals surface area contributed by atoms with Gasteiger partial charge in [-0.25, -0.2) is 9.78 Å². The molecule has 19 heavy (non-hydrogen) atoms. The lowest BCUT2D eigenvalue weighted by Gasteiger charge is -2.23. The molecule has 0 aromatic carbocycles. The second-order valence-corrected chi connectivity index (χ2v) is 4.50. The lowest BCUT2D eigenvalue weighted by molar-refractivity contribution is -0.141. The fourth-order valence-corrected chi connectivity index (χ4v) is 1.66. The lowest BCUT2D eigenvalue weighted by atomic mass is 10.2. The van der Waals surface area contributed by atoms with E-state index >= 15 is 0 Å². The molecule has 0 aliphatic heterocycles. The Morgan fingerprint density at radius 1 is 1.58 bits per heavy atom. The second kappa shape index (κ2) is 6.77. The van der Waals surface area contributed by atoms with Gasteiger partial charge >= 0.3 is 12.0 Å². The highest BCUT2D eigenvalue weighted by Gasteiger charge is 2.20. The zero-order valence-corrected chi connectivity index (χ0v) is 11.4. The van der Waals surface area contributed by atoms with Gasteiger partial charge in [0.05, 0.1) is 12.0 Å². The number of amides is 2. The van der Waals surface area contributed by atoms with E-state index in [2.05, 4.69) is 15.3 Å². The average molecular weight is 268 g/mol. The number of rotatable bonds is 6. The quantitative estimate of drug-likeness (QED) is 0.722. The summed E-state index contributed by atoms with van der Waals surface area (Å²) in [7, 11) is 1.57. The number of carboxylic acids is 1. The maximum absolute atomic E-state index is 11.9. The Kier molecular flexibility index (Phi) is 5.35. The number of nitrogens with zero attached hydrogens (tertiary/aromatic N) is 2. The number of aromatic amines is 1. The first-order chi connectivity index (χ1) is 8.95. The number of aromatic nitrogens is 2. The molecule has 0 bridgehead atoms. The van der Waals surface area contributed by atoms with Crippen molar-refractivity contribution in [2.24, 2.45) is 5.92 Å². The Labute approximate surface area is 112 Å². The van der Waals surface area contributed by atoms with Gasteiger partial charge in [-0.15, -0.1) is 0 Å². The molecule has 7 heteroatoms. The summed E-state index contributed by atoms with van der Waals surface area (Å²) in [5.74, 6) is -0.826. The van der Waals surface area contributed by atoms with Gasteiger partial charge < -0.3 is 20.3 Å². The normalized spacial score (nSPS) is 13.6. The Balaban J connectivity index is 2.55. The molecule has 0 aliphatic rings. The molecule has 2 atom stereocenters. The van der Waals surface area contributed by atoms with Crippen LogP contribution in [0, 0.1) is 5.92 Å². The third kappa shape index (κ3) is 4.27. The van der Waals surface area contributed by atoms with Crippen LogP contribution in [0.1, 0.15) is 32.1 Å². The van der Waals surface area contributed by atoms with Gasteiger partial charge in [0.2, 0.25) is 0 Å². The first-order valence-corrected chi connectivity index (χ1v) is 6.19. The molecule has 3 N–H and O–H groups in total. The molecule has 0 radical (unpaired) electrons. The third-order valence-electron chi connectivity index (χ3n) is 2.87. The Morgan fingerprint density at radius 2 is 2.26 bits per heavy atom. The Bertz CT molecular complexity index is 419. The molecular formula is C12H20N4O3. The summed E-state index contributed by atoms with van der Waals surface area (Å²) in [5, 5.41) is 11.6. The monoisotopic (exact) mass is 268 g/mol. The summed E-state index contributed by atoms with van der Waals surface area (Å²) in [6.45, 7) is 3.67. The number of H-pyrrole nitrogens is 1. The van der Waals surface area contributed by atoms with Crippen LogP contribution in [0.25, 0.3) is 0 Å². The smallest absolute Gasteiger partial charge is 0.317 e. The first-order valence-electron chi connectivity index (χ1n) is 6.19. The number of imidazole rings is 1. The van der Waals surface area contributed by atoms with Gasteiger partial charge in [0, 0.05) is 26.0 Å². The van der Waals surface area contributed by atoms with Crippen molar-refractivity contribution in [1.29, 1.82) is 0 Å². The number of carbonyl (C=O) groups is 2. The summed E-state index contributed by atoms with van der Waals surface area (Å²) in [5.41, 5.74) is 0. The summed E-state index contributed by atoms with van der Waals surface area (Å²) in [6.07, 6.45) is 4.02. The van der Waals surface area contributed by atoms with E-state index < -0.39 is 11.9 Å². The molecule has 1 aromatic heterocycles. The predicted molar refractivity (Wildman–Crippen MR) is 69.6 cm³/mol. The van der Waals surface area contributed by atoms with E-state index in [-0.39, 0.29) is 18.6 Å². The Morgan fingerprint density at radius 3 is 2.74 bits per heavy atom. The van der Waals surface area contributed by atoms with Crippen LogP contribution < -0.4 is 5.32 Å². The summed E-state index contributed by atoms with van der Waals surface area (Å²) in [6, 6.07) is -0.513. The van der Waals surface area contributed by atoms with E-state index in [9.17, 15) is 9.59 Å². The predicted octanol–water partition coefficient (Wildman–Crippen LogP) is 1.22. The summed E-state index contributed by atoms with van der Waals surface area (Å²) in [4.78, 5) is 31.1. The molecule has 2 amide bonds. The van der Waals surface area contributed by atoms with Crippen LogP contribution >= 0.6 is 0 Å². The second-order valence-electron chi connectivity index (χ2n) is 4.50. The van der Waals surface area contributed by atoms with E-state index in [4.69, 9.17) is 5.11 Å². The Hall–Kier alpha value is -2.05. The number of nitrogens with one attached hydrogen (secondary N) is 2. The van der Waals surface area contributed by atoms with Gasteiger partial charge in [0.25, 0.3) is 0 Å². The van der Waals surface area contributed by atoms with E-state index in [1.54, 1.807) is 26.4 Å². The van der Waals surface area contributed by atoms with Crippen molar-refractivity contribution in [1.82, 2.24) is 20.2 Å². The van der Waals surface area contributed by atoms with Gasteiger partial charge in [-0.2, -0.15) is 0 Å². The molecule has 0 saturated carbocycles. The zero-order chi connectivity index (χ0) is 14.4. The van der Waals surface area contributed by atoms with Crippen LogP contribution in [0.5, 0.6) is 0 Å². The van der Waals surface area contributed by atoms with Crippen LogP contribution in [0.4, 0.5) is 4.79 Å². The number of aliphatic carboxylic acids is 1. The molecule has 0 spiro atoms. The van der Waals surface area contributed by atoms with Gasteiger partial charge in [-0.1, -0.05) is 13.8 Å². The number of hydrogen-bond acceptors (Lipinski definition) is 3. The van der Waals surface area contributed by atoms with Crippen LogP contribution in [-0.2, 0) is 4.79 Å². The van der Waals surface area contributed by atoms with Crippen molar-refractivity contribution in [3.63, 3.8) is 0 Å². The zero-order valence-electron chi connectivity index (χ0n) is 11.4. The fraction of sp³-hybridized carbons (Fsp3) is 0.583. The van der Waals surface area contributed by atoms with Crippen molar-refractivity contribution >= 4 is 12.0 Å². The highest BCUT2D eigenvalue weighted by atomic mass is 16.4. The summed E-state index contributed by atoms with van der Waals surface area (Å²) < 4.78 is 0. The largest absolute Gasteiger partial charge is 0.481 e. The van der Waals surface area contributed by atoms with Crippen molar-refractivity contribution in [2.75, 3.05) is 13.6 Å². The molecule has 0 aliphatic carbocycles. The molecule has 2 unspecified atom stereocenters. The van der Waals surface area contributed by atoms with Gasteiger partial charge in [0.1, 0.15) is 5.82 Å². The minimum atomic E-state index is -0.919. The van der Waals surface area contributed by atoms with Crippen molar-refractivity contribution in [3.05, 3.63) is 18.2 Å². The number of carbonyl (C=O) groups excluding carboxylic acids is 1. The first kappa shape index (κ1) is 15.0. The third-order valence-corrected chi connectivity index (χ3v) is 2.87. The van der Waals surface area contributed by atoms with Crippen LogP contribution in [0.3, 0.4) is 0 Å². The van der Waals surface area contributed by atoms with Gasteiger partial charge in [-0.05, 0) is 6.42 Å². The maximum atomic E-state index is 11.9. The standard InChI is InChI=1S/C12H20N4O3/c1-4-9(10-13-5-6-14-10)15-12(19)16(3)7-8(2)11(17)18/h5-6,8-9H,4,7H2,1-3H3,(H,13,14)(H,15,19)(H,17,18). The highest BCUT2D eigenvalue weighted by Crippen LogP contribution is 2.11. The van der Waals surface area contributed by atoms with E-state index in [0.29, 0.717) is 12.2 Å². The molecule has 1 rings (SSSR count). The topological polar surface area (TPSA) is 98.3 Å². The van der Waals surface area contributed by atoms with E-state index in [1.807, 2.05) is 6.92 Å². The molecule has 0 fully saturated rings. The van der Waals surface area contributed by atoms with Crippen LogP contribution in [0.15, 0.2) is 12.4 Å². The average Bonchev–Trinajstić information content (AvgIpc) is 2.88. The fourth-order valence-electron chi connectivity index (χ4n) is 1.66. The highest BCUT2D eigenvalue weighted by molar-refractivity contribution is 5.76. The number of carboxylic acid groups (broad SMARTS) is 1.